The predicted octanol–water partition coefficient (Wildman–Crippen LogP) is 6.58. The molecule has 0 aromatic heterocycles. The highest BCUT2D eigenvalue weighted by Gasteiger charge is 2.54. The van der Waals surface area contributed by atoms with Crippen molar-refractivity contribution < 1.29 is 28.8 Å². The van der Waals surface area contributed by atoms with Crippen LogP contribution >= 0.6 is 0 Å². The van der Waals surface area contributed by atoms with Gasteiger partial charge in [-0.05, 0) is 82.2 Å². The Morgan fingerprint density at radius 3 is 2.42 bits per heavy atom. The second kappa shape index (κ2) is 18.1. The third kappa shape index (κ3) is 8.73. The van der Waals surface area contributed by atoms with E-state index in [0.717, 1.165) is 5.56 Å². The Labute approximate surface area is 300 Å². The number of methoxy groups -OCH3 is 2. The highest BCUT2D eigenvalue weighted by atomic mass is 16.5. The number of benzene rings is 4. The van der Waals surface area contributed by atoms with Gasteiger partial charge in [-0.25, -0.2) is 10.4 Å². The van der Waals surface area contributed by atoms with Crippen LogP contribution in [0.15, 0.2) is 106 Å². The number of carbonyl (C=O) groups excluding carboxylic acids is 1. The van der Waals surface area contributed by atoms with Crippen LogP contribution in [0.25, 0.3) is 20.9 Å². The first-order chi connectivity index (χ1) is 25.5. The van der Waals surface area contributed by atoms with Crippen molar-refractivity contribution in [3.8, 4) is 17.2 Å². The number of aliphatic hydroxyl groups is 1. The van der Waals surface area contributed by atoms with E-state index in [9.17, 15) is 10.3 Å². The molecule has 0 bridgehead atoms. The van der Waals surface area contributed by atoms with Gasteiger partial charge in [0.15, 0.2) is 11.6 Å². The maximum Gasteiger partial charge on any atom is 0.266 e. The summed E-state index contributed by atoms with van der Waals surface area (Å²) in [5.74, 6) is 1.64. The Morgan fingerprint density at radius 2 is 1.69 bits per heavy atom. The zero-order valence-corrected chi connectivity index (χ0v) is 28.8. The fourth-order valence-corrected chi connectivity index (χ4v) is 5.92. The SMILES string of the molecule is COc1ccc(OC)c(CCNNC(=O)[C@@]2(Cc3ccccc3N=[N+]=[N-])N=C(c3ccc(OCCCO)cc3)O[C@H]2c2ccccc2CN=[N+]=[N-])c1. The number of carbonyl (C=O) groups is 1. The molecule has 4 aromatic rings. The fraction of sp³-hybridized carbons (Fsp3) is 0.297. The van der Waals surface area contributed by atoms with Crippen LogP contribution in [0, 0.1) is 0 Å². The Balaban J connectivity index is 1.56. The van der Waals surface area contributed by atoms with Crippen LogP contribution in [0.5, 0.6) is 17.2 Å². The average molecular weight is 706 g/mol. The van der Waals surface area contributed by atoms with Crippen LogP contribution in [-0.2, 0) is 28.9 Å². The zero-order valence-electron chi connectivity index (χ0n) is 28.8. The lowest BCUT2D eigenvalue weighted by Gasteiger charge is -2.32. The minimum Gasteiger partial charge on any atom is -0.497 e. The molecule has 0 spiro atoms. The van der Waals surface area contributed by atoms with Gasteiger partial charge in [0.2, 0.25) is 5.90 Å². The number of amides is 1. The summed E-state index contributed by atoms with van der Waals surface area (Å²) in [5.41, 5.74) is 26.4. The van der Waals surface area contributed by atoms with E-state index in [2.05, 4.69) is 30.9 Å². The minimum atomic E-state index is -1.65. The number of nitrogens with one attached hydrogen (secondary N) is 2. The van der Waals surface area contributed by atoms with Crippen LogP contribution in [0.2, 0.25) is 0 Å². The summed E-state index contributed by atoms with van der Waals surface area (Å²) in [5, 5.41) is 16.8. The Morgan fingerprint density at radius 1 is 0.942 bits per heavy atom. The van der Waals surface area contributed by atoms with Crippen molar-refractivity contribution in [3.05, 3.63) is 140 Å². The molecule has 1 heterocycles. The first-order valence-corrected chi connectivity index (χ1v) is 16.5. The lowest BCUT2D eigenvalue weighted by atomic mass is 9.80. The smallest absolute Gasteiger partial charge is 0.266 e. The van der Waals surface area contributed by atoms with Gasteiger partial charge in [-0.3, -0.25) is 10.2 Å². The molecule has 1 aliphatic heterocycles. The molecule has 15 heteroatoms. The normalized spacial score (nSPS) is 16.1. The van der Waals surface area contributed by atoms with Crippen molar-refractivity contribution in [3.63, 3.8) is 0 Å². The molecule has 15 nitrogen and oxygen atoms in total. The predicted molar refractivity (Wildman–Crippen MR) is 194 cm³/mol. The maximum absolute atomic E-state index is 14.7. The van der Waals surface area contributed by atoms with Gasteiger partial charge >= 0.3 is 0 Å². The number of hydrogen-bond acceptors (Lipinski definition) is 10. The monoisotopic (exact) mass is 705 g/mol. The van der Waals surface area contributed by atoms with E-state index in [1.54, 1.807) is 68.8 Å². The largest absolute Gasteiger partial charge is 0.497 e. The molecule has 0 fully saturated rings. The maximum atomic E-state index is 14.7. The Bertz CT molecular complexity index is 1980. The van der Waals surface area contributed by atoms with Gasteiger partial charge in [0.1, 0.15) is 17.2 Å². The van der Waals surface area contributed by atoms with Crippen molar-refractivity contribution in [1.29, 1.82) is 0 Å². The molecular weight excluding hydrogens is 666 g/mol. The van der Waals surface area contributed by atoms with Gasteiger partial charge in [-0.15, -0.1) is 0 Å². The lowest BCUT2D eigenvalue weighted by molar-refractivity contribution is -0.130. The second-order valence-corrected chi connectivity index (χ2v) is 11.7. The van der Waals surface area contributed by atoms with Crippen molar-refractivity contribution in [2.45, 2.75) is 37.5 Å². The summed E-state index contributed by atoms with van der Waals surface area (Å²) >= 11 is 0. The molecule has 1 aliphatic rings. The molecule has 3 N–H and O–H groups in total. The molecule has 0 radical (unpaired) electrons. The van der Waals surface area contributed by atoms with Gasteiger partial charge < -0.3 is 24.1 Å². The topological polar surface area (TPSA) is 208 Å². The molecule has 1 amide bonds. The standard InChI is InChI=1S/C37H39N9O6/c1-49-30-16-17-33(50-2)26(22-30)18-19-40-44-36(48)37(23-27-8-4-6-11-32(27)43-46-39)34(31-10-5-3-9-28(31)24-41-45-38)52-35(42-37)25-12-14-29(15-13-25)51-21-7-20-47/h3-6,8-17,22,34,40,47H,7,18-21,23-24H2,1-2H3,(H,44,48)/t34-,37-/m0/s1. The molecule has 2 atom stereocenters. The van der Waals surface area contributed by atoms with Crippen molar-refractivity contribution in [1.82, 2.24) is 10.9 Å². The highest BCUT2D eigenvalue weighted by molar-refractivity contribution is 6.01. The van der Waals surface area contributed by atoms with Crippen LogP contribution in [0.4, 0.5) is 5.69 Å². The van der Waals surface area contributed by atoms with E-state index in [4.69, 9.17) is 34.6 Å². The number of aliphatic hydroxyl groups excluding tert-OH is 1. The zero-order chi connectivity index (χ0) is 36.8. The summed E-state index contributed by atoms with van der Waals surface area (Å²) in [6.07, 6.45) is -0.0487. The Hall–Kier alpha value is -6.24. The number of ether oxygens (including phenoxy) is 4. The van der Waals surface area contributed by atoms with Crippen molar-refractivity contribution in [2.75, 3.05) is 34.0 Å². The van der Waals surface area contributed by atoms with E-state index < -0.39 is 17.6 Å². The van der Waals surface area contributed by atoms with Gasteiger partial charge in [-0.2, -0.15) is 0 Å². The molecule has 4 aromatic carbocycles. The van der Waals surface area contributed by atoms with Crippen molar-refractivity contribution in [2.24, 2.45) is 15.2 Å². The van der Waals surface area contributed by atoms with E-state index in [1.165, 1.54) is 0 Å². The second-order valence-electron chi connectivity index (χ2n) is 11.7. The molecule has 5 rings (SSSR count). The quantitative estimate of drug-likeness (QED) is 0.0340. The molecule has 268 valence electrons. The molecular formula is C37H39N9O6. The number of azide groups is 2. The molecule has 0 aliphatic carbocycles. The number of aliphatic imine (C=N–C) groups is 1. The molecule has 0 unspecified atom stereocenters. The minimum absolute atomic E-state index is 0.00930. The summed E-state index contributed by atoms with van der Waals surface area (Å²) in [4.78, 5) is 25.7. The van der Waals surface area contributed by atoms with E-state index >= 15 is 0 Å². The van der Waals surface area contributed by atoms with Crippen LogP contribution in [-0.4, -0.2) is 56.4 Å². The molecule has 0 saturated carbocycles. The number of hydrazine groups is 1. The summed E-state index contributed by atoms with van der Waals surface area (Å²) in [6.45, 7) is 0.703. The van der Waals surface area contributed by atoms with Crippen LogP contribution < -0.4 is 25.1 Å². The van der Waals surface area contributed by atoms with E-state index in [-0.39, 0.29) is 25.5 Å². The van der Waals surface area contributed by atoms with Gasteiger partial charge in [0.05, 0.1) is 27.4 Å². The summed E-state index contributed by atoms with van der Waals surface area (Å²) in [6, 6.07) is 26.8. The van der Waals surface area contributed by atoms with E-state index in [1.807, 2.05) is 36.4 Å². The Kier molecular flexibility index (Phi) is 12.9. The first kappa shape index (κ1) is 37.0. The van der Waals surface area contributed by atoms with E-state index in [0.29, 0.717) is 71.2 Å². The third-order valence-corrected chi connectivity index (χ3v) is 8.48. The lowest BCUT2D eigenvalue weighted by Crippen LogP contribution is -2.54. The molecule has 0 saturated heterocycles. The average Bonchev–Trinajstić information content (AvgIpc) is 3.57. The third-order valence-electron chi connectivity index (χ3n) is 8.48. The van der Waals surface area contributed by atoms with Gasteiger partial charge in [0.25, 0.3) is 5.91 Å². The summed E-state index contributed by atoms with van der Waals surface area (Å²) in [7, 11) is 3.18. The fourth-order valence-electron chi connectivity index (χ4n) is 5.92. The van der Waals surface area contributed by atoms with Crippen LogP contribution in [0.3, 0.4) is 0 Å². The number of hydrogen-bond donors (Lipinski definition) is 3. The number of rotatable bonds is 18. The van der Waals surface area contributed by atoms with Crippen molar-refractivity contribution >= 4 is 17.5 Å². The summed E-state index contributed by atoms with van der Waals surface area (Å²) < 4.78 is 23.3. The van der Waals surface area contributed by atoms with Gasteiger partial charge in [0, 0.05) is 47.1 Å². The van der Waals surface area contributed by atoms with Crippen LogP contribution in [0.1, 0.15) is 40.3 Å². The number of nitrogens with zero attached hydrogens (tertiary/aromatic N) is 7. The highest BCUT2D eigenvalue weighted by Crippen LogP contribution is 2.44. The van der Waals surface area contributed by atoms with Gasteiger partial charge in [-0.1, -0.05) is 58.8 Å². The molecule has 52 heavy (non-hydrogen) atoms. The first-order valence-electron chi connectivity index (χ1n) is 16.5.